The van der Waals surface area contributed by atoms with Gasteiger partial charge >= 0.3 is 0 Å². The third-order valence-corrected chi connectivity index (χ3v) is 8.45. The highest BCUT2D eigenvalue weighted by molar-refractivity contribution is 7.90. The number of sulfone groups is 1. The Labute approximate surface area is 173 Å². The molecule has 2 aromatic rings. The molecule has 0 unspecified atom stereocenters. The summed E-state index contributed by atoms with van der Waals surface area (Å²) in [6.07, 6.45) is 3.84. The standard InChI is InChI=1S/C21H28N2O4S2/c1-21(2,3)17-7-9-18(10-8-17)29(26,27)23-14-11-16(12-15-23)20-19(28(4,24)25)6-5-13-22-20/h5-10,13,16H,11-12,14-15H2,1-4H3. The van der Waals surface area contributed by atoms with Crippen LogP contribution in [0, 0.1) is 0 Å². The van der Waals surface area contributed by atoms with Crippen molar-refractivity contribution in [2.75, 3.05) is 19.3 Å². The Morgan fingerprint density at radius 1 is 0.966 bits per heavy atom. The molecule has 1 aromatic heterocycles. The van der Waals surface area contributed by atoms with Gasteiger partial charge in [0.1, 0.15) is 0 Å². The molecule has 1 fully saturated rings. The molecule has 1 aliphatic heterocycles. The molecule has 3 rings (SSSR count). The van der Waals surface area contributed by atoms with Gasteiger partial charge < -0.3 is 0 Å². The van der Waals surface area contributed by atoms with Gasteiger partial charge in [-0.15, -0.1) is 0 Å². The van der Waals surface area contributed by atoms with Gasteiger partial charge in [-0.1, -0.05) is 32.9 Å². The Hall–Kier alpha value is -1.77. The highest BCUT2D eigenvalue weighted by Gasteiger charge is 2.32. The van der Waals surface area contributed by atoms with Crippen LogP contribution in [0.5, 0.6) is 0 Å². The number of aromatic nitrogens is 1. The van der Waals surface area contributed by atoms with Crippen molar-refractivity contribution >= 4 is 19.9 Å². The molecule has 0 saturated carbocycles. The van der Waals surface area contributed by atoms with Crippen molar-refractivity contribution in [2.24, 2.45) is 0 Å². The molecule has 0 N–H and O–H groups in total. The van der Waals surface area contributed by atoms with Gasteiger partial charge in [0.25, 0.3) is 0 Å². The van der Waals surface area contributed by atoms with Gasteiger partial charge in [-0.2, -0.15) is 4.31 Å². The van der Waals surface area contributed by atoms with Gasteiger partial charge in [0.15, 0.2) is 9.84 Å². The lowest BCUT2D eigenvalue weighted by Gasteiger charge is -2.31. The molecule has 2 heterocycles. The number of benzene rings is 1. The van der Waals surface area contributed by atoms with E-state index in [9.17, 15) is 16.8 Å². The lowest BCUT2D eigenvalue weighted by Crippen LogP contribution is -2.38. The maximum absolute atomic E-state index is 13.0. The minimum absolute atomic E-state index is 0.0410. The summed E-state index contributed by atoms with van der Waals surface area (Å²) >= 11 is 0. The minimum Gasteiger partial charge on any atom is -0.260 e. The number of hydrogen-bond donors (Lipinski definition) is 0. The number of hydrogen-bond acceptors (Lipinski definition) is 5. The van der Waals surface area contributed by atoms with Crippen molar-refractivity contribution < 1.29 is 16.8 Å². The monoisotopic (exact) mass is 436 g/mol. The van der Waals surface area contributed by atoms with Gasteiger partial charge in [0.2, 0.25) is 10.0 Å². The molecule has 0 atom stereocenters. The van der Waals surface area contributed by atoms with Crippen LogP contribution < -0.4 is 0 Å². The summed E-state index contributed by atoms with van der Waals surface area (Å²) in [6, 6.07) is 10.3. The Bertz CT molecular complexity index is 1080. The van der Waals surface area contributed by atoms with Crippen LogP contribution in [0.25, 0.3) is 0 Å². The average molecular weight is 437 g/mol. The van der Waals surface area contributed by atoms with Crippen molar-refractivity contribution in [3.05, 3.63) is 53.9 Å². The number of rotatable bonds is 4. The maximum Gasteiger partial charge on any atom is 0.243 e. The van der Waals surface area contributed by atoms with E-state index in [0.717, 1.165) is 5.56 Å². The zero-order valence-electron chi connectivity index (χ0n) is 17.3. The molecule has 0 radical (unpaired) electrons. The normalized spacial score (nSPS) is 17.4. The summed E-state index contributed by atoms with van der Waals surface area (Å²) in [4.78, 5) is 4.83. The van der Waals surface area contributed by atoms with Crippen molar-refractivity contribution in [3.8, 4) is 0 Å². The molecule has 1 saturated heterocycles. The molecule has 0 aliphatic carbocycles. The predicted octanol–water partition coefficient (Wildman–Crippen LogP) is 3.35. The van der Waals surface area contributed by atoms with Crippen molar-refractivity contribution in [2.45, 2.75) is 54.7 Å². The zero-order valence-corrected chi connectivity index (χ0v) is 18.9. The van der Waals surface area contributed by atoms with E-state index < -0.39 is 19.9 Å². The number of nitrogens with zero attached hydrogens (tertiary/aromatic N) is 2. The zero-order chi connectivity index (χ0) is 21.4. The summed E-state index contributed by atoms with van der Waals surface area (Å²) in [5, 5.41) is 0. The molecule has 0 bridgehead atoms. The molecule has 29 heavy (non-hydrogen) atoms. The summed E-state index contributed by atoms with van der Waals surface area (Å²) in [5.74, 6) is -0.0735. The van der Waals surface area contributed by atoms with Crippen LogP contribution in [0.15, 0.2) is 52.4 Å². The number of pyridine rings is 1. The molecule has 0 spiro atoms. The van der Waals surface area contributed by atoms with Crippen molar-refractivity contribution in [1.29, 1.82) is 0 Å². The van der Waals surface area contributed by atoms with Crippen molar-refractivity contribution in [1.82, 2.24) is 9.29 Å². The quantitative estimate of drug-likeness (QED) is 0.734. The fourth-order valence-electron chi connectivity index (χ4n) is 3.67. The fraction of sp³-hybridized carbons (Fsp3) is 0.476. The molecule has 6 nitrogen and oxygen atoms in total. The second kappa shape index (κ2) is 7.81. The Morgan fingerprint density at radius 2 is 1.55 bits per heavy atom. The van der Waals surface area contributed by atoms with E-state index in [-0.39, 0.29) is 16.2 Å². The second-order valence-corrected chi connectivity index (χ2v) is 12.5. The van der Waals surface area contributed by atoms with Gasteiger partial charge in [0, 0.05) is 31.5 Å². The van der Waals surface area contributed by atoms with Crippen LogP contribution in [0.1, 0.15) is 50.8 Å². The van der Waals surface area contributed by atoms with Crippen LogP contribution in [-0.4, -0.2) is 45.5 Å². The molecule has 1 aromatic carbocycles. The molecule has 158 valence electrons. The van der Waals surface area contributed by atoms with Gasteiger partial charge in [-0.05, 0) is 48.1 Å². The first kappa shape index (κ1) is 21.9. The largest absolute Gasteiger partial charge is 0.260 e. The van der Waals surface area contributed by atoms with Crippen molar-refractivity contribution in [3.63, 3.8) is 0 Å². The average Bonchev–Trinajstić information content (AvgIpc) is 2.67. The van der Waals surface area contributed by atoms with Gasteiger partial charge in [-0.3, -0.25) is 4.98 Å². The van der Waals surface area contributed by atoms with E-state index in [0.29, 0.717) is 36.5 Å². The molecule has 0 amide bonds. The topological polar surface area (TPSA) is 84.4 Å². The Kier molecular flexibility index (Phi) is 5.91. The second-order valence-electron chi connectivity index (χ2n) is 8.61. The summed E-state index contributed by atoms with van der Waals surface area (Å²) in [5.41, 5.74) is 1.58. The SMILES string of the molecule is CC(C)(C)c1ccc(S(=O)(=O)N2CCC(c3ncccc3S(C)(=O)=O)CC2)cc1. The van der Waals surface area contributed by atoms with Crippen LogP contribution >= 0.6 is 0 Å². The maximum atomic E-state index is 13.0. The molecule has 1 aliphatic rings. The Balaban J connectivity index is 1.77. The molecule has 8 heteroatoms. The van der Waals surface area contributed by atoms with E-state index in [2.05, 4.69) is 25.8 Å². The smallest absolute Gasteiger partial charge is 0.243 e. The summed E-state index contributed by atoms with van der Waals surface area (Å²) in [7, 11) is -6.95. The minimum atomic E-state index is -3.57. The first-order valence-electron chi connectivity index (χ1n) is 9.66. The fourth-order valence-corrected chi connectivity index (χ4v) is 6.06. The highest BCUT2D eigenvalue weighted by atomic mass is 32.2. The highest BCUT2D eigenvalue weighted by Crippen LogP contribution is 2.33. The third kappa shape index (κ3) is 4.70. The van der Waals surface area contributed by atoms with E-state index in [1.807, 2.05) is 12.1 Å². The van der Waals surface area contributed by atoms with Crippen LogP contribution in [0.3, 0.4) is 0 Å². The third-order valence-electron chi connectivity index (χ3n) is 5.40. The molecular weight excluding hydrogens is 408 g/mol. The van der Waals surface area contributed by atoms with E-state index in [1.165, 1.54) is 10.6 Å². The lowest BCUT2D eigenvalue weighted by atomic mass is 9.87. The first-order chi connectivity index (χ1) is 13.4. The summed E-state index contributed by atoms with van der Waals surface area (Å²) in [6.45, 7) is 6.94. The summed E-state index contributed by atoms with van der Waals surface area (Å²) < 4.78 is 51.7. The number of piperidine rings is 1. The van der Waals surface area contributed by atoms with E-state index >= 15 is 0 Å². The van der Waals surface area contributed by atoms with E-state index in [1.54, 1.807) is 30.5 Å². The van der Waals surface area contributed by atoms with E-state index in [4.69, 9.17) is 0 Å². The van der Waals surface area contributed by atoms with Crippen LogP contribution in [0.2, 0.25) is 0 Å². The van der Waals surface area contributed by atoms with Crippen LogP contribution in [-0.2, 0) is 25.3 Å². The first-order valence-corrected chi connectivity index (χ1v) is 13.0. The lowest BCUT2D eigenvalue weighted by molar-refractivity contribution is 0.314. The van der Waals surface area contributed by atoms with Gasteiger partial charge in [-0.25, -0.2) is 16.8 Å². The number of sulfonamides is 1. The van der Waals surface area contributed by atoms with Crippen LogP contribution in [0.4, 0.5) is 0 Å². The Morgan fingerprint density at radius 3 is 2.07 bits per heavy atom. The predicted molar refractivity (Wildman–Crippen MR) is 113 cm³/mol. The molecular formula is C21H28N2O4S2. The van der Waals surface area contributed by atoms with Gasteiger partial charge in [0.05, 0.1) is 15.5 Å².